The second-order valence-electron chi connectivity index (χ2n) is 3.04. The summed E-state index contributed by atoms with van der Waals surface area (Å²) in [6.45, 7) is 0.650. The molecule has 0 spiro atoms. The number of hydrogen-bond donors (Lipinski definition) is 1. The molecule has 2 rings (SSSR count). The first-order chi connectivity index (χ1) is 7.25. The minimum atomic E-state index is -0.215. The largest absolute Gasteiger partial charge is 0.378 e. The molecule has 1 heterocycles. The normalized spacial score (nSPS) is 10.3. The maximum Gasteiger partial charge on any atom is 0.146 e. The highest BCUT2D eigenvalue weighted by Crippen LogP contribution is 2.23. The van der Waals surface area contributed by atoms with E-state index in [2.05, 4.69) is 21.2 Å². The predicted molar refractivity (Wildman–Crippen MR) is 65.7 cm³/mol. The number of thiophene rings is 1. The van der Waals surface area contributed by atoms with Gasteiger partial charge in [0.25, 0.3) is 0 Å². The van der Waals surface area contributed by atoms with Crippen LogP contribution in [-0.4, -0.2) is 0 Å². The van der Waals surface area contributed by atoms with E-state index in [4.69, 9.17) is 0 Å². The average Bonchev–Trinajstić information content (AvgIpc) is 2.63. The first kappa shape index (κ1) is 10.6. The molecule has 0 atom stereocenters. The summed E-state index contributed by atoms with van der Waals surface area (Å²) in [5.74, 6) is -0.215. The van der Waals surface area contributed by atoms with Crippen LogP contribution in [0.25, 0.3) is 0 Å². The van der Waals surface area contributed by atoms with E-state index in [1.54, 1.807) is 23.5 Å². The van der Waals surface area contributed by atoms with Crippen molar-refractivity contribution in [3.63, 3.8) is 0 Å². The molecule has 1 N–H and O–H groups in total. The highest BCUT2D eigenvalue weighted by molar-refractivity contribution is 9.11. The third-order valence-corrected chi connectivity index (χ3v) is 3.58. The van der Waals surface area contributed by atoms with Crippen molar-refractivity contribution in [1.29, 1.82) is 0 Å². The molecule has 15 heavy (non-hydrogen) atoms. The number of benzene rings is 1. The summed E-state index contributed by atoms with van der Waals surface area (Å²) in [7, 11) is 0. The molecule has 0 radical (unpaired) electrons. The topological polar surface area (TPSA) is 12.0 Å². The van der Waals surface area contributed by atoms with Gasteiger partial charge in [0, 0.05) is 11.4 Å². The van der Waals surface area contributed by atoms with E-state index in [1.807, 2.05) is 18.2 Å². The summed E-state index contributed by atoms with van der Waals surface area (Å²) in [5, 5.41) is 3.06. The van der Waals surface area contributed by atoms with Crippen LogP contribution in [0.3, 0.4) is 0 Å². The van der Waals surface area contributed by atoms with Gasteiger partial charge in [0.15, 0.2) is 0 Å². The SMILES string of the molecule is Fc1ccccc1NCc1ccc(Br)s1. The monoisotopic (exact) mass is 285 g/mol. The van der Waals surface area contributed by atoms with Crippen LogP contribution in [0.4, 0.5) is 10.1 Å². The Bertz CT molecular complexity index is 455. The fourth-order valence-corrected chi connectivity index (χ4v) is 2.66. The molecule has 2 aromatic rings. The van der Waals surface area contributed by atoms with Crippen molar-refractivity contribution in [3.8, 4) is 0 Å². The van der Waals surface area contributed by atoms with Gasteiger partial charge >= 0.3 is 0 Å². The van der Waals surface area contributed by atoms with Crippen LogP contribution in [0.2, 0.25) is 0 Å². The summed E-state index contributed by atoms with van der Waals surface area (Å²) >= 11 is 5.03. The Morgan fingerprint density at radius 1 is 1.20 bits per heavy atom. The van der Waals surface area contributed by atoms with Gasteiger partial charge in [-0.2, -0.15) is 0 Å². The maximum atomic E-state index is 13.2. The van der Waals surface area contributed by atoms with E-state index in [1.165, 1.54) is 10.9 Å². The Morgan fingerprint density at radius 3 is 2.67 bits per heavy atom. The number of anilines is 1. The summed E-state index contributed by atoms with van der Waals surface area (Å²) in [6.07, 6.45) is 0. The molecule has 0 saturated carbocycles. The zero-order valence-electron chi connectivity index (χ0n) is 7.84. The fraction of sp³-hybridized carbons (Fsp3) is 0.0909. The molecule has 0 unspecified atom stereocenters. The van der Waals surface area contributed by atoms with Crippen molar-refractivity contribution >= 4 is 33.0 Å². The lowest BCUT2D eigenvalue weighted by Crippen LogP contribution is -1.99. The van der Waals surface area contributed by atoms with Gasteiger partial charge in [0.2, 0.25) is 0 Å². The number of halogens is 2. The first-order valence-corrected chi connectivity index (χ1v) is 6.09. The van der Waals surface area contributed by atoms with Crippen molar-refractivity contribution < 1.29 is 4.39 Å². The van der Waals surface area contributed by atoms with E-state index >= 15 is 0 Å². The Labute approximate surface area is 100 Å². The van der Waals surface area contributed by atoms with Gasteiger partial charge in [-0.25, -0.2) is 4.39 Å². The number of nitrogens with one attached hydrogen (secondary N) is 1. The molecular weight excluding hydrogens is 277 g/mol. The Morgan fingerprint density at radius 2 is 2.00 bits per heavy atom. The number of para-hydroxylation sites is 1. The molecule has 1 aromatic carbocycles. The van der Waals surface area contributed by atoms with Gasteiger partial charge in [-0.1, -0.05) is 12.1 Å². The average molecular weight is 286 g/mol. The van der Waals surface area contributed by atoms with Crippen LogP contribution < -0.4 is 5.32 Å². The molecule has 4 heteroatoms. The molecule has 0 fully saturated rings. The highest BCUT2D eigenvalue weighted by Gasteiger charge is 2.01. The van der Waals surface area contributed by atoms with Crippen molar-refractivity contribution in [2.45, 2.75) is 6.54 Å². The molecule has 0 saturated heterocycles. The van der Waals surface area contributed by atoms with Crippen molar-refractivity contribution in [2.24, 2.45) is 0 Å². The van der Waals surface area contributed by atoms with Crippen LogP contribution in [0.1, 0.15) is 4.88 Å². The zero-order valence-corrected chi connectivity index (χ0v) is 10.2. The summed E-state index contributed by atoms with van der Waals surface area (Å²) in [5.41, 5.74) is 0.544. The quantitative estimate of drug-likeness (QED) is 0.888. The van der Waals surface area contributed by atoms with Gasteiger partial charge in [0.1, 0.15) is 5.82 Å². The first-order valence-electron chi connectivity index (χ1n) is 4.48. The van der Waals surface area contributed by atoms with Crippen molar-refractivity contribution in [2.75, 3.05) is 5.32 Å². The van der Waals surface area contributed by atoms with Crippen LogP contribution in [-0.2, 0) is 6.54 Å². The lowest BCUT2D eigenvalue weighted by atomic mass is 10.3. The lowest BCUT2D eigenvalue weighted by molar-refractivity contribution is 0.630. The summed E-state index contributed by atoms with van der Waals surface area (Å²) in [6, 6.07) is 10.7. The number of rotatable bonds is 3. The van der Waals surface area contributed by atoms with E-state index in [-0.39, 0.29) is 5.82 Å². The Hall–Kier alpha value is -0.870. The molecule has 0 aliphatic carbocycles. The Kier molecular flexibility index (Phi) is 3.38. The fourth-order valence-electron chi connectivity index (χ4n) is 1.23. The van der Waals surface area contributed by atoms with Crippen LogP contribution in [0.5, 0.6) is 0 Å². The van der Waals surface area contributed by atoms with Crippen LogP contribution in [0.15, 0.2) is 40.2 Å². The smallest absolute Gasteiger partial charge is 0.146 e. The van der Waals surface area contributed by atoms with Gasteiger partial charge in [-0.05, 0) is 40.2 Å². The van der Waals surface area contributed by atoms with Crippen LogP contribution in [0, 0.1) is 5.82 Å². The van der Waals surface area contributed by atoms with Gasteiger partial charge in [-0.15, -0.1) is 11.3 Å². The zero-order chi connectivity index (χ0) is 10.7. The van der Waals surface area contributed by atoms with Gasteiger partial charge in [-0.3, -0.25) is 0 Å². The molecule has 1 aromatic heterocycles. The summed E-state index contributed by atoms with van der Waals surface area (Å²) in [4.78, 5) is 1.17. The second-order valence-corrected chi connectivity index (χ2v) is 5.59. The molecule has 0 bridgehead atoms. The molecular formula is C11H9BrFNS. The molecule has 1 nitrogen and oxygen atoms in total. The van der Waals surface area contributed by atoms with Crippen molar-refractivity contribution in [1.82, 2.24) is 0 Å². The van der Waals surface area contributed by atoms with Crippen LogP contribution >= 0.6 is 27.3 Å². The standard InChI is InChI=1S/C11H9BrFNS/c12-11-6-5-8(15-11)7-14-10-4-2-1-3-9(10)13/h1-6,14H,7H2. The van der Waals surface area contributed by atoms with E-state index in [0.717, 1.165) is 3.79 Å². The van der Waals surface area contributed by atoms with E-state index in [9.17, 15) is 4.39 Å². The Balaban J connectivity index is 2.02. The van der Waals surface area contributed by atoms with Gasteiger partial charge in [0.05, 0.1) is 9.47 Å². The predicted octanol–water partition coefficient (Wildman–Crippen LogP) is 4.26. The highest BCUT2D eigenvalue weighted by atomic mass is 79.9. The van der Waals surface area contributed by atoms with E-state index < -0.39 is 0 Å². The third kappa shape index (κ3) is 2.79. The minimum Gasteiger partial charge on any atom is -0.378 e. The molecule has 0 amide bonds. The molecule has 0 aliphatic rings. The summed E-state index contributed by atoms with van der Waals surface area (Å²) < 4.78 is 14.3. The van der Waals surface area contributed by atoms with E-state index in [0.29, 0.717) is 12.2 Å². The molecule has 0 aliphatic heterocycles. The van der Waals surface area contributed by atoms with Gasteiger partial charge < -0.3 is 5.32 Å². The molecule has 78 valence electrons. The second kappa shape index (κ2) is 4.77. The number of hydrogen-bond acceptors (Lipinski definition) is 2. The third-order valence-electron chi connectivity index (χ3n) is 1.96. The van der Waals surface area contributed by atoms with Crippen molar-refractivity contribution in [3.05, 3.63) is 50.9 Å². The minimum absolute atomic E-state index is 0.215. The lowest BCUT2D eigenvalue weighted by Gasteiger charge is -2.05. The maximum absolute atomic E-state index is 13.2.